The van der Waals surface area contributed by atoms with Crippen molar-refractivity contribution in [3.05, 3.63) is 40.6 Å². The van der Waals surface area contributed by atoms with E-state index in [2.05, 4.69) is 0 Å². The summed E-state index contributed by atoms with van der Waals surface area (Å²) in [5.41, 5.74) is 0.667. The maximum Gasteiger partial charge on any atom is 0.139 e. The van der Waals surface area contributed by atoms with Crippen LogP contribution in [-0.2, 0) is 4.74 Å². The van der Waals surface area contributed by atoms with Gasteiger partial charge < -0.3 is 14.6 Å². The molecule has 1 heterocycles. The van der Waals surface area contributed by atoms with Crippen molar-refractivity contribution in [2.24, 2.45) is 0 Å². The summed E-state index contributed by atoms with van der Waals surface area (Å²) in [5, 5.41) is 10.7. The van der Waals surface area contributed by atoms with E-state index in [1.54, 1.807) is 25.3 Å². The van der Waals surface area contributed by atoms with Gasteiger partial charge in [-0.2, -0.15) is 0 Å². The van der Waals surface area contributed by atoms with E-state index in [0.717, 1.165) is 6.42 Å². The number of methoxy groups -OCH3 is 1. The van der Waals surface area contributed by atoms with E-state index < -0.39 is 6.10 Å². The first kappa shape index (κ1) is 11.3. The average Bonchev–Trinajstić information content (AvgIpc) is 2.81. The van der Waals surface area contributed by atoms with Gasteiger partial charge in [-0.25, -0.2) is 0 Å². The number of hydrogen-bond acceptors (Lipinski definition) is 3. The van der Waals surface area contributed by atoms with Crippen LogP contribution in [0.5, 0.6) is 5.75 Å². The zero-order valence-electron chi connectivity index (χ0n) is 8.94. The summed E-state index contributed by atoms with van der Waals surface area (Å²) < 4.78 is 10.5. The molecule has 3 nitrogen and oxygen atoms in total. The third-order valence-electron chi connectivity index (χ3n) is 2.49. The molecule has 86 valence electrons. The first-order chi connectivity index (χ1) is 7.72. The molecule has 1 aliphatic heterocycles. The third-order valence-corrected chi connectivity index (χ3v) is 2.73. The molecule has 0 bridgehead atoms. The normalized spacial score (nSPS) is 16.6. The number of halogens is 1. The van der Waals surface area contributed by atoms with Crippen LogP contribution < -0.4 is 4.74 Å². The summed E-state index contributed by atoms with van der Waals surface area (Å²) in [6.45, 7) is 0.627. The summed E-state index contributed by atoms with van der Waals surface area (Å²) in [7, 11) is 1.55. The molecule has 2 rings (SSSR count). The van der Waals surface area contributed by atoms with E-state index in [9.17, 15) is 5.11 Å². The highest BCUT2D eigenvalue weighted by Gasteiger charge is 2.21. The van der Waals surface area contributed by atoms with Crippen LogP contribution in [0.15, 0.2) is 30.0 Å². The van der Waals surface area contributed by atoms with Crippen molar-refractivity contribution in [3.63, 3.8) is 0 Å². The van der Waals surface area contributed by atoms with E-state index in [1.807, 2.05) is 6.08 Å². The van der Waals surface area contributed by atoms with Crippen LogP contribution in [0.2, 0.25) is 5.02 Å². The van der Waals surface area contributed by atoms with Gasteiger partial charge in [-0.1, -0.05) is 17.7 Å². The average molecular weight is 241 g/mol. The molecule has 0 aromatic heterocycles. The number of aliphatic hydroxyl groups is 1. The summed E-state index contributed by atoms with van der Waals surface area (Å²) in [6, 6.07) is 5.14. The molecule has 0 aliphatic carbocycles. The molecule has 0 saturated heterocycles. The predicted molar refractivity (Wildman–Crippen MR) is 61.6 cm³/mol. The van der Waals surface area contributed by atoms with Gasteiger partial charge in [0.2, 0.25) is 0 Å². The van der Waals surface area contributed by atoms with Crippen LogP contribution in [0.25, 0.3) is 0 Å². The van der Waals surface area contributed by atoms with Gasteiger partial charge in [-0.05, 0) is 18.2 Å². The van der Waals surface area contributed by atoms with Gasteiger partial charge in [-0.3, -0.25) is 0 Å². The minimum absolute atomic E-state index is 0.566. The smallest absolute Gasteiger partial charge is 0.139 e. The van der Waals surface area contributed by atoms with Crippen molar-refractivity contribution in [1.29, 1.82) is 0 Å². The van der Waals surface area contributed by atoms with Crippen LogP contribution in [0.1, 0.15) is 18.1 Å². The summed E-state index contributed by atoms with van der Waals surface area (Å²) >= 11 is 5.85. The number of benzene rings is 1. The molecule has 1 N–H and O–H groups in total. The molecular formula is C12H13ClO3. The Morgan fingerprint density at radius 1 is 1.50 bits per heavy atom. The molecule has 0 spiro atoms. The first-order valence-corrected chi connectivity index (χ1v) is 5.44. The number of aliphatic hydroxyl groups excluding tert-OH is 1. The molecule has 0 fully saturated rings. The highest BCUT2D eigenvalue weighted by molar-refractivity contribution is 6.30. The molecule has 1 aromatic carbocycles. The number of ether oxygens (including phenoxy) is 2. The van der Waals surface area contributed by atoms with Gasteiger partial charge in [0.15, 0.2) is 0 Å². The zero-order valence-corrected chi connectivity index (χ0v) is 9.70. The zero-order chi connectivity index (χ0) is 11.5. The van der Waals surface area contributed by atoms with Gasteiger partial charge in [0.25, 0.3) is 0 Å². The Labute approximate surface area is 99.3 Å². The Kier molecular flexibility index (Phi) is 3.36. The van der Waals surface area contributed by atoms with E-state index in [1.165, 1.54) is 0 Å². The van der Waals surface area contributed by atoms with E-state index in [0.29, 0.717) is 28.7 Å². The molecule has 1 aromatic rings. The quantitative estimate of drug-likeness (QED) is 0.883. The van der Waals surface area contributed by atoms with Gasteiger partial charge in [0.05, 0.1) is 13.7 Å². The first-order valence-electron chi connectivity index (χ1n) is 5.06. The number of hydrogen-bond donors (Lipinski definition) is 1. The third kappa shape index (κ3) is 2.15. The second kappa shape index (κ2) is 4.76. The Morgan fingerprint density at radius 2 is 2.31 bits per heavy atom. The highest BCUT2D eigenvalue weighted by atomic mass is 35.5. The maximum absolute atomic E-state index is 10.1. The van der Waals surface area contributed by atoms with E-state index >= 15 is 0 Å². The summed E-state index contributed by atoms with van der Waals surface area (Å²) in [4.78, 5) is 0. The lowest BCUT2D eigenvalue weighted by molar-refractivity contribution is 0.117. The van der Waals surface area contributed by atoms with Crippen molar-refractivity contribution in [2.75, 3.05) is 13.7 Å². The van der Waals surface area contributed by atoms with Crippen LogP contribution in [0, 0.1) is 0 Å². The van der Waals surface area contributed by atoms with Crippen molar-refractivity contribution in [2.45, 2.75) is 12.5 Å². The van der Waals surface area contributed by atoms with Crippen LogP contribution in [-0.4, -0.2) is 18.8 Å². The lowest BCUT2D eigenvalue weighted by atomic mass is 10.1. The minimum Gasteiger partial charge on any atom is -0.496 e. The van der Waals surface area contributed by atoms with Crippen LogP contribution in [0.3, 0.4) is 0 Å². The van der Waals surface area contributed by atoms with Crippen molar-refractivity contribution in [1.82, 2.24) is 0 Å². The molecular weight excluding hydrogens is 228 g/mol. The molecule has 0 saturated carbocycles. The second-order valence-electron chi connectivity index (χ2n) is 3.53. The molecule has 1 unspecified atom stereocenters. The topological polar surface area (TPSA) is 38.7 Å². The Morgan fingerprint density at radius 3 is 2.94 bits per heavy atom. The lowest BCUT2D eigenvalue weighted by Crippen LogP contribution is -2.04. The largest absolute Gasteiger partial charge is 0.496 e. The van der Waals surface area contributed by atoms with Crippen molar-refractivity contribution >= 4 is 11.6 Å². The summed E-state index contributed by atoms with van der Waals surface area (Å²) in [5.74, 6) is 1.15. The van der Waals surface area contributed by atoms with Gasteiger partial charge >= 0.3 is 0 Å². The van der Waals surface area contributed by atoms with Crippen molar-refractivity contribution in [3.8, 4) is 5.75 Å². The Balaban J connectivity index is 2.31. The standard InChI is InChI=1S/C12H13ClO3/c1-15-11-7-8(13)4-5-9(11)12(14)10-3-2-6-16-10/h3-5,7,12,14H,2,6H2,1H3. The van der Waals surface area contributed by atoms with Crippen LogP contribution >= 0.6 is 11.6 Å². The molecule has 1 atom stereocenters. The molecule has 1 aliphatic rings. The molecule has 0 radical (unpaired) electrons. The Bertz CT molecular complexity index is 415. The van der Waals surface area contributed by atoms with E-state index in [-0.39, 0.29) is 0 Å². The molecule has 4 heteroatoms. The summed E-state index contributed by atoms with van der Waals surface area (Å²) in [6.07, 6.45) is 1.94. The number of rotatable bonds is 3. The van der Waals surface area contributed by atoms with Crippen LogP contribution in [0.4, 0.5) is 0 Å². The minimum atomic E-state index is -0.783. The van der Waals surface area contributed by atoms with Gasteiger partial charge in [0.1, 0.15) is 17.6 Å². The molecule has 16 heavy (non-hydrogen) atoms. The Hall–Kier alpha value is -1.19. The second-order valence-corrected chi connectivity index (χ2v) is 3.97. The predicted octanol–water partition coefficient (Wildman–Crippen LogP) is 2.69. The fourth-order valence-electron chi connectivity index (χ4n) is 1.69. The fraction of sp³-hybridized carbons (Fsp3) is 0.333. The lowest BCUT2D eigenvalue weighted by Gasteiger charge is -2.15. The maximum atomic E-state index is 10.1. The fourth-order valence-corrected chi connectivity index (χ4v) is 1.85. The van der Waals surface area contributed by atoms with Gasteiger partial charge in [-0.15, -0.1) is 0 Å². The SMILES string of the molecule is COc1cc(Cl)ccc1C(O)C1=CCCO1. The van der Waals surface area contributed by atoms with Gasteiger partial charge in [0, 0.05) is 17.0 Å². The van der Waals surface area contributed by atoms with Crippen molar-refractivity contribution < 1.29 is 14.6 Å². The monoisotopic (exact) mass is 240 g/mol. The van der Waals surface area contributed by atoms with E-state index in [4.69, 9.17) is 21.1 Å². The highest BCUT2D eigenvalue weighted by Crippen LogP contribution is 2.33. The molecule has 0 amide bonds.